The van der Waals surface area contributed by atoms with Crippen LogP contribution < -0.4 is 5.32 Å². The average molecular weight is 475 g/mol. The minimum absolute atomic E-state index is 0.0206. The molecule has 0 atom stereocenters. The molecule has 11 heteroatoms. The first-order chi connectivity index (χ1) is 15.4. The first kappa shape index (κ1) is 23.5. The van der Waals surface area contributed by atoms with E-state index in [0.29, 0.717) is 10.7 Å². The molecular formula is C21H22N4O5S2. The van der Waals surface area contributed by atoms with E-state index in [1.54, 1.807) is 31.8 Å². The van der Waals surface area contributed by atoms with Gasteiger partial charge in [-0.25, -0.2) is 19.3 Å². The van der Waals surface area contributed by atoms with Gasteiger partial charge in [-0.3, -0.25) is 4.79 Å². The van der Waals surface area contributed by atoms with Gasteiger partial charge in [0, 0.05) is 0 Å². The van der Waals surface area contributed by atoms with Gasteiger partial charge in [-0.05, 0) is 38.5 Å². The van der Waals surface area contributed by atoms with Crippen molar-refractivity contribution in [2.24, 2.45) is 0 Å². The Bertz CT molecular complexity index is 1110. The van der Waals surface area contributed by atoms with Crippen LogP contribution in [-0.4, -0.2) is 51.6 Å². The van der Waals surface area contributed by atoms with Gasteiger partial charge in [-0.15, -0.1) is 16.4 Å². The van der Waals surface area contributed by atoms with Gasteiger partial charge in [0.25, 0.3) is 0 Å². The number of benzene rings is 1. The number of para-hydroxylation sites is 1. The molecular weight excluding hydrogens is 452 g/mol. The molecule has 2 heterocycles. The number of nitrogens with zero attached hydrogens (tertiary/aromatic N) is 3. The summed E-state index contributed by atoms with van der Waals surface area (Å²) in [5.74, 6) is -1.50. The van der Waals surface area contributed by atoms with E-state index < -0.39 is 11.9 Å². The SMILES string of the molecule is CCOC(=O)c1sc(NC(=O)CSc2ncn(-c3ccccc3)n2)c(C(=O)OCC)c1C. The molecule has 2 aromatic heterocycles. The third kappa shape index (κ3) is 5.54. The second kappa shape index (κ2) is 10.9. The third-order valence-corrected chi connectivity index (χ3v) is 6.20. The number of aromatic nitrogens is 3. The highest BCUT2D eigenvalue weighted by atomic mass is 32.2. The van der Waals surface area contributed by atoms with Gasteiger partial charge in [0.15, 0.2) is 0 Å². The minimum Gasteiger partial charge on any atom is -0.462 e. The normalized spacial score (nSPS) is 10.6. The molecule has 1 amide bonds. The van der Waals surface area contributed by atoms with Crippen molar-refractivity contribution in [3.8, 4) is 5.69 Å². The zero-order valence-corrected chi connectivity index (χ0v) is 19.4. The lowest BCUT2D eigenvalue weighted by atomic mass is 10.1. The fraction of sp³-hybridized carbons (Fsp3) is 0.286. The Morgan fingerprint density at radius 2 is 1.78 bits per heavy atom. The van der Waals surface area contributed by atoms with Crippen LogP contribution in [0.15, 0.2) is 41.8 Å². The van der Waals surface area contributed by atoms with Gasteiger partial charge in [-0.1, -0.05) is 30.0 Å². The Labute approximate surface area is 193 Å². The number of nitrogens with one attached hydrogen (secondary N) is 1. The minimum atomic E-state index is -0.608. The lowest BCUT2D eigenvalue weighted by Crippen LogP contribution is -2.16. The van der Waals surface area contributed by atoms with Crippen molar-refractivity contribution in [2.75, 3.05) is 24.3 Å². The van der Waals surface area contributed by atoms with Crippen LogP contribution in [0, 0.1) is 6.92 Å². The van der Waals surface area contributed by atoms with Crippen molar-refractivity contribution in [3.05, 3.63) is 52.7 Å². The van der Waals surface area contributed by atoms with Gasteiger partial charge < -0.3 is 14.8 Å². The van der Waals surface area contributed by atoms with Crippen LogP contribution in [-0.2, 0) is 14.3 Å². The van der Waals surface area contributed by atoms with Crippen molar-refractivity contribution in [1.29, 1.82) is 0 Å². The van der Waals surface area contributed by atoms with Crippen LogP contribution in [0.3, 0.4) is 0 Å². The van der Waals surface area contributed by atoms with Gasteiger partial charge in [0.1, 0.15) is 16.2 Å². The summed E-state index contributed by atoms with van der Waals surface area (Å²) >= 11 is 2.14. The predicted molar refractivity (Wildman–Crippen MR) is 122 cm³/mol. The fourth-order valence-electron chi connectivity index (χ4n) is 2.75. The molecule has 0 fully saturated rings. The van der Waals surface area contributed by atoms with Crippen LogP contribution >= 0.6 is 23.1 Å². The highest BCUT2D eigenvalue weighted by Crippen LogP contribution is 2.34. The molecule has 9 nitrogen and oxygen atoms in total. The molecule has 3 rings (SSSR count). The average Bonchev–Trinajstić information content (AvgIpc) is 3.38. The van der Waals surface area contributed by atoms with Crippen molar-refractivity contribution in [1.82, 2.24) is 14.8 Å². The highest BCUT2D eigenvalue weighted by Gasteiger charge is 2.27. The number of thioether (sulfide) groups is 1. The number of esters is 2. The standard InChI is InChI=1S/C21H22N4O5S2/c1-4-29-19(27)16-13(3)17(20(28)30-5-2)32-18(16)23-15(26)11-31-21-22-12-25(24-21)14-9-7-6-8-10-14/h6-10,12H,4-5,11H2,1-3H3,(H,23,26). The Morgan fingerprint density at radius 3 is 2.47 bits per heavy atom. The zero-order valence-electron chi connectivity index (χ0n) is 17.8. The van der Waals surface area contributed by atoms with E-state index in [0.717, 1.165) is 28.8 Å². The molecule has 3 aromatic rings. The van der Waals surface area contributed by atoms with E-state index in [1.807, 2.05) is 30.3 Å². The van der Waals surface area contributed by atoms with E-state index >= 15 is 0 Å². The quantitative estimate of drug-likeness (QED) is 0.369. The summed E-state index contributed by atoms with van der Waals surface area (Å²) in [4.78, 5) is 41.7. The topological polar surface area (TPSA) is 112 Å². The highest BCUT2D eigenvalue weighted by molar-refractivity contribution is 7.99. The van der Waals surface area contributed by atoms with Crippen molar-refractivity contribution in [2.45, 2.75) is 25.9 Å². The van der Waals surface area contributed by atoms with Crippen molar-refractivity contribution >= 4 is 45.9 Å². The molecule has 0 saturated heterocycles. The van der Waals surface area contributed by atoms with E-state index in [1.165, 1.54) is 0 Å². The maximum absolute atomic E-state index is 12.6. The van der Waals surface area contributed by atoms with E-state index in [2.05, 4.69) is 15.4 Å². The molecule has 1 N–H and O–H groups in total. The lowest BCUT2D eigenvalue weighted by Gasteiger charge is -2.06. The maximum atomic E-state index is 12.6. The van der Waals surface area contributed by atoms with E-state index in [4.69, 9.17) is 9.47 Å². The Kier molecular flexibility index (Phi) is 8.01. The summed E-state index contributed by atoms with van der Waals surface area (Å²) in [6, 6.07) is 9.49. The molecule has 32 heavy (non-hydrogen) atoms. The monoisotopic (exact) mass is 474 g/mol. The van der Waals surface area contributed by atoms with Crippen LogP contribution in [0.1, 0.15) is 39.4 Å². The first-order valence-electron chi connectivity index (χ1n) is 9.81. The van der Waals surface area contributed by atoms with Crippen LogP contribution in [0.2, 0.25) is 0 Å². The van der Waals surface area contributed by atoms with E-state index in [9.17, 15) is 14.4 Å². The first-order valence-corrected chi connectivity index (χ1v) is 11.6. The molecule has 1 aromatic carbocycles. The Morgan fingerprint density at radius 1 is 1.09 bits per heavy atom. The maximum Gasteiger partial charge on any atom is 0.348 e. The molecule has 0 aliphatic heterocycles. The van der Waals surface area contributed by atoms with Gasteiger partial charge in [0.05, 0.1) is 30.2 Å². The molecule has 0 spiro atoms. The molecule has 168 valence electrons. The largest absolute Gasteiger partial charge is 0.462 e. The molecule has 0 unspecified atom stereocenters. The summed E-state index contributed by atoms with van der Waals surface area (Å²) in [5, 5.41) is 7.73. The predicted octanol–water partition coefficient (Wildman–Crippen LogP) is 3.72. The Balaban J connectivity index is 1.71. The number of ether oxygens (including phenoxy) is 2. The number of amides is 1. The second-order valence-corrected chi connectivity index (χ2v) is 8.31. The third-order valence-electron chi connectivity index (χ3n) is 4.16. The summed E-state index contributed by atoms with van der Waals surface area (Å²) in [6.07, 6.45) is 1.57. The second-order valence-electron chi connectivity index (χ2n) is 6.35. The molecule has 0 radical (unpaired) electrons. The van der Waals surface area contributed by atoms with Crippen molar-refractivity contribution < 1.29 is 23.9 Å². The number of hydrogen-bond donors (Lipinski definition) is 1. The summed E-state index contributed by atoms with van der Waals surface area (Å²) in [5.41, 5.74) is 1.43. The number of thiophene rings is 1. The number of rotatable bonds is 9. The molecule has 0 bridgehead atoms. The fourth-order valence-corrected chi connectivity index (χ4v) is 4.46. The van der Waals surface area contributed by atoms with Gasteiger partial charge in [0.2, 0.25) is 11.1 Å². The summed E-state index contributed by atoms with van der Waals surface area (Å²) in [6.45, 7) is 5.37. The summed E-state index contributed by atoms with van der Waals surface area (Å²) in [7, 11) is 0. The smallest absolute Gasteiger partial charge is 0.348 e. The van der Waals surface area contributed by atoms with Gasteiger partial charge in [-0.2, -0.15) is 0 Å². The zero-order chi connectivity index (χ0) is 23.1. The Hall–Kier alpha value is -3.18. The van der Waals surface area contributed by atoms with E-state index in [-0.39, 0.29) is 40.3 Å². The molecule has 0 aliphatic rings. The number of carbonyl (C=O) groups is 3. The number of hydrogen-bond acceptors (Lipinski definition) is 9. The van der Waals surface area contributed by atoms with Crippen molar-refractivity contribution in [3.63, 3.8) is 0 Å². The van der Waals surface area contributed by atoms with Gasteiger partial charge >= 0.3 is 11.9 Å². The molecule has 0 aliphatic carbocycles. The molecule has 0 saturated carbocycles. The summed E-state index contributed by atoms with van der Waals surface area (Å²) < 4.78 is 11.8. The van der Waals surface area contributed by atoms with Crippen LogP contribution in [0.4, 0.5) is 5.00 Å². The lowest BCUT2D eigenvalue weighted by molar-refractivity contribution is -0.113. The number of carbonyl (C=O) groups excluding carboxylic acids is 3. The number of anilines is 1. The van der Waals surface area contributed by atoms with Crippen LogP contribution in [0.25, 0.3) is 5.69 Å². The van der Waals surface area contributed by atoms with Crippen LogP contribution in [0.5, 0.6) is 0 Å².